The maximum Gasteiger partial charge on any atom is 0.279 e. The van der Waals surface area contributed by atoms with Crippen LogP contribution in [0.3, 0.4) is 0 Å². The predicted octanol–water partition coefficient (Wildman–Crippen LogP) is 5.77. The number of hydrogen-bond donors (Lipinski definition) is 1. The van der Waals surface area contributed by atoms with Crippen LogP contribution in [0.2, 0.25) is 0 Å². The summed E-state index contributed by atoms with van der Waals surface area (Å²) in [6, 6.07) is 14.1. The molecular weight excluding hydrogens is 472 g/mol. The Morgan fingerprint density at radius 3 is 2.45 bits per heavy atom. The number of aromatic nitrogens is 3. The molecule has 5 aliphatic rings. The van der Waals surface area contributed by atoms with Crippen molar-refractivity contribution in [1.29, 1.82) is 0 Å². The molecule has 6 nitrogen and oxygen atoms in total. The van der Waals surface area contributed by atoms with E-state index >= 15 is 0 Å². The van der Waals surface area contributed by atoms with Crippen molar-refractivity contribution in [1.82, 2.24) is 19.4 Å². The zero-order valence-electron chi connectivity index (χ0n) is 22.7. The highest BCUT2D eigenvalue weighted by molar-refractivity contribution is 5.77. The Labute approximate surface area is 224 Å². The lowest BCUT2D eigenvalue weighted by molar-refractivity contribution is -0.111. The quantitative estimate of drug-likeness (QED) is 0.471. The number of aromatic amines is 1. The second-order valence-electron chi connectivity index (χ2n) is 13.1. The van der Waals surface area contributed by atoms with Crippen LogP contribution in [0, 0.1) is 23.2 Å². The number of hydrogen-bond acceptors (Lipinski definition) is 4. The molecule has 0 spiro atoms. The fourth-order valence-electron chi connectivity index (χ4n) is 8.93. The maximum absolute atomic E-state index is 14.0. The van der Waals surface area contributed by atoms with Gasteiger partial charge in [0.05, 0.1) is 16.7 Å². The maximum atomic E-state index is 14.0. The van der Waals surface area contributed by atoms with Crippen LogP contribution in [0.15, 0.2) is 52.1 Å². The van der Waals surface area contributed by atoms with E-state index in [1.54, 1.807) is 12.1 Å². The van der Waals surface area contributed by atoms with Crippen molar-refractivity contribution in [2.45, 2.75) is 89.8 Å². The van der Waals surface area contributed by atoms with E-state index in [0.717, 1.165) is 41.6 Å². The number of piperidine rings is 2. The molecule has 8 rings (SSSR count). The molecule has 2 unspecified atom stereocenters. The second kappa shape index (κ2) is 9.18. The summed E-state index contributed by atoms with van der Waals surface area (Å²) in [5.41, 5.74) is 2.78. The van der Waals surface area contributed by atoms with Gasteiger partial charge in [-0.3, -0.25) is 14.5 Å². The molecule has 1 aromatic carbocycles. The lowest BCUT2D eigenvalue weighted by Gasteiger charge is -2.60. The summed E-state index contributed by atoms with van der Waals surface area (Å²) in [6.45, 7) is 6.23. The Morgan fingerprint density at radius 2 is 1.71 bits per heavy atom. The van der Waals surface area contributed by atoms with Gasteiger partial charge in [0.15, 0.2) is 5.69 Å². The molecule has 200 valence electrons. The summed E-state index contributed by atoms with van der Waals surface area (Å²) in [5.74, 6) is 2.77. The van der Waals surface area contributed by atoms with Gasteiger partial charge in [0.2, 0.25) is 5.56 Å². The average Bonchev–Trinajstić information content (AvgIpc) is 2.91. The molecule has 2 aromatic heterocycles. The molecule has 3 aliphatic carbocycles. The third-order valence-corrected chi connectivity index (χ3v) is 11.0. The molecule has 5 fully saturated rings. The minimum absolute atomic E-state index is 0.0916. The van der Waals surface area contributed by atoms with E-state index in [4.69, 9.17) is 4.98 Å². The summed E-state index contributed by atoms with van der Waals surface area (Å²) >= 11 is 0. The van der Waals surface area contributed by atoms with Gasteiger partial charge in [-0.15, -0.1) is 0 Å². The number of nitrogens with one attached hydrogen (secondary N) is 1. The van der Waals surface area contributed by atoms with Gasteiger partial charge in [0.25, 0.3) is 5.56 Å². The predicted molar refractivity (Wildman–Crippen MR) is 151 cm³/mol. The van der Waals surface area contributed by atoms with E-state index in [2.05, 4.69) is 23.7 Å². The Morgan fingerprint density at radius 1 is 0.921 bits per heavy atom. The molecule has 2 aliphatic heterocycles. The van der Waals surface area contributed by atoms with Gasteiger partial charge in [-0.1, -0.05) is 38.5 Å². The average molecular weight is 513 g/mol. The highest BCUT2D eigenvalue weighted by Crippen LogP contribution is 2.62. The number of fused-ring (bicyclic) bond motifs is 5. The van der Waals surface area contributed by atoms with Crippen LogP contribution in [0.5, 0.6) is 0 Å². The van der Waals surface area contributed by atoms with Gasteiger partial charge < -0.3 is 9.55 Å². The smallest absolute Gasteiger partial charge is 0.279 e. The Balaban J connectivity index is 1.18. The number of pyridine rings is 1. The lowest BCUT2D eigenvalue weighted by Crippen LogP contribution is -2.55. The molecule has 6 heteroatoms. The lowest BCUT2D eigenvalue weighted by atomic mass is 9.45. The van der Waals surface area contributed by atoms with Gasteiger partial charge in [0, 0.05) is 24.2 Å². The highest BCUT2D eigenvalue weighted by Gasteiger charge is 2.54. The first kappa shape index (κ1) is 24.3. The molecule has 1 N–H and O–H groups in total. The van der Waals surface area contributed by atoms with Crippen LogP contribution in [0.1, 0.15) is 77.7 Å². The number of H-pyrrole nitrogens is 1. The van der Waals surface area contributed by atoms with Crippen molar-refractivity contribution in [2.75, 3.05) is 6.54 Å². The monoisotopic (exact) mass is 512 g/mol. The third kappa shape index (κ3) is 3.90. The highest BCUT2D eigenvalue weighted by atomic mass is 16.1. The Bertz CT molecular complexity index is 1460. The summed E-state index contributed by atoms with van der Waals surface area (Å²) < 4.78 is 2.02. The van der Waals surface area contributed by atoms with E-state index in [9.17, 15) is 9.59 Å². The normalized spacial score (nSPS) is 32.2. The number of benzene rings is 1. The molecule has 0 amide bonds. The minimum Gasteiger partial charge on any atom is -0.320 e. The van der Waals surface area contributed by atoms with Gasteiger partial charge in [-0.2, -0.15) is 0 Å². The summed E-state index contributed by atoms with van der Waals surface area (Å²) in [6.07, 6.45) is 11.4. The van der Waals surface area contributed by atoms with Crippen molar-refractivity contribution >= 4 is 11.0 Å². The van der Waals surface area contributed by atoms with Crippen molar-refractivity contribution in [3.8, 4) is 11.4 Å². The Kier molecular flexibility index (Phi) is 5.88. The first-order valence-electron chi connectivity index (χ1n) is 14.9. The van der Waals surface area contributed by atoms with E-state index in [0.29, 0.717) is 28.9 Å². The molecule has 4 heterocycles. The summed E-state index contributed by atoms with van der Waals surface area (Å²) in [7, 11) is 0. The molecule has 4 bridgehead atoms. The van der Waals surface area contributed by atoms with Crippen molar-refractivity contribution in [2.24, 2.45) is 23.2 Å². The summed E-state index contributed by atoms with van der Waals surface area (Å²) in [5, 5.41) is 0. The first-order chi connectivity index (χ1) is 18.4. The third-order valence-electron chi connectivity index (χ3n) is 11.0. The Hall–Kier alpha value is -2.73. The molecule has 0 radical (unpaired) electrons. The van der Waals surface area contributed by atoms with Gasteiger partial charge in [-0.25, -0.2) is 4.98 Å². The van der Waals surface area contributed by atoms with E-state index in [-0.39, 0.29) is 17.2 Å². The fraction of sp³-hybridized carbons (Fsp3) is 0.594. The molecule has 38 heavy (non-hydrogen) atoms. The minimum atomic E-state index is -0.218. The zero-order valence-corrected chi connectivity index (χ0v) is 22.7. The topological polar surface area (TPSA) is 71.0 Å². The van der Waals surface area contributed by atoms with Crippen LogP contribution in [0.4, 0.5) is 0 Å². The summed E-state index contributed by atoms with van der Waals surface area (Å²) in [4.78, 5) is 36.4. The number of para-hydroxylation sites is 2. The number of rotatable bonds is 5. The van der Waals surface area contributed by atoms with Crippen LogP contribution in [-0.2, 0) is 0 Å². The molecule has 3 saturated carbocycles. The molecular formula is C32H40N4O2. The van der Waals surface area contributed by atoms with Gasteiger partial charge in [-0.05, 0) is 99.3 Å². The van der Waals surface area contributed by atoms with Crippen molar-refractivity contribution in [3.05, 3.63) is 63.2 Å². The van der Waals surface area contributed by atoms with Crippen LogP contribution < -0.4 is 11.1 Å². The second-order valence-corrected chi connectivity index (χ2v) is 13.1. The molecule has 2 saturated heterocycles. The molecule has 3 aromatic rings. The van der Waals surface area contributed by atoms with E-state index < -0.39 is 0 Å². The number of nitrogens with zero attached hydrogens (tertiary/aromatic N) is 3. The van der Waals surface area contributed by atoms with Crippen molar-refractivity contribution in [3.63, 3.8) is 0 Å². The largest absolute Gasteiger partial charge is 0.320 e. The van der Waals surface area contributed by atoms with E-state index in [1.807, 2.05) is 28.8 Å². The van der Waals surface area contributed by atoms with E-state index in [1.165, 1.54) is 57.6 Å². The van der Waals surface area contributed by atoms with Crippen LogP contribution >= 0.6 is 0 Å². The van der Waals surface area contributed by atoms with Crippen LogP contribution in [-0.4, -0.2) is 38.1 Å². The van der Waals surface area contributed by atoms with Crippen LogP contribution in [0.25, 0.3) is 22.4 Å². The fourth-order valence-corrected chi connectivity index (χ4v) is 8.93. The van der Waals surface area contributed by atoms with Gasteiger partial charge in [0.1, 0.15) is 0 Å². The SMILES string of the molecule is CC1(C)[C@H]2CC[C@@H](CCN3C4CCCC3CC(n3c(=O)c(-c5cccc(=O)[nH]5)nc5ccccc53)C4)[C@@H]1C2. The zero-order chi connectivity index (χ0) is 26.0. The van der Waals surface area contributed by atoms with Crippen molar-refractivity contribution < 1.29 is 0 Å². The molecule has 5 atom stereocenters. The standard InChI is InChI=1S/C32H40N4O2/c1-32(2)21-14-13-20(25(32)17-21)15-16-35-22-7-5-8-23(35)19-24(18-22)36-28-11-4-3-9-26(28)34-30(31(36)38)27-10-6-12-29(37)33-27/h3-4,6,9-12,20-25H,5,7-8,13-19H2,1-2H3,(H,33,37)/t20-,21-,22?,23?,24?,25-/m0/s1. The first-order valence-corrected chi connectivity index (χ1v) is 14.9. The van der Waals surface area contributed by atoms with Gasteiger partial charge >= 0.3 is 0 Å².